The van der Waals surface area contributed by atoms with E-state index in [0.717, 1.165) is 24.3 Å². The summed E-state index contributed by atoms with van der Waals surface area (Å²) in [6.45, 7) is 1.37. The van der Waals surface area contributed by atoms with Gasteiger partial charge in [-0.25, -0.2) is 8.42 Å². The third kappa shape index (κ3) is 4.60. The average Bonchev–Trinajstić information content (AvgIpc) is 2.56. The van der Waals surface area contributed by atoms with Crippen LogP contribution in [-0.2, 0) is 14.6 Å². The van der Waals surface area contributed by atoms with Gasteiger partial charge in [0.15, 0.2) is 0 Å². The number of halogens is 2. The minimum Gasteiger partial charge on any atom is -0.326 e. The Hall–Kier alpha value is -2.81. The van der Waals surface area contributed by atoms with Gasteiger partial charge in [0.25, 0.3) is 5.91 Å². The first-order chi connectivity index (χ1) is 11.7. The SMILES string of the molecule is CC(=O)Nc1ccc(NC(=O)c2ccc(S(=O)(=O)C(F)F)cc2)cc1. The Morgan fingerprint density at radius 2 is 1.36 bits per heavy atom. The van der Waals surface area contributed by atoms with Crippen LogP contribution in [0.15, 0.2) is 53.4 Å². The van der Waals surface area contributed by atoms with E-state index in [9.17, 15) is 26.8 Å². The third-order valence-electron chi connectivity index (χ3n) is 3.14. The lowest BCUT2D eigenvalue weighted by molar-refractivity contribution is -0.114. The second-order valence-electron chi connectivity index (χ2n) is 5.04. The van der Waals surface area contributed by atoms with Crippen LogP contribution in [-0.4, -0.2) is 26.0 Å². The Morgan fingerprint density at radius 3 is 1.80 bits per heavy atom. The molecule has 25 heavy (non-hydrogen) atoms. The van der Waals surface area contributed by atoms with Crippen molar-refractivity contribution in [2.75, 3.05) is 10.6 Å². The number of hydrogen-bond acceptors (Lipinski definition) is 4. The Morgan fingerprint density at radius 1 is 0.880 bits per heavy atom. The van der Waals surface area contributed by atoms with Crippen molar-refractivity contribution >= 4 is 33.0 Å². The van der Waals surface area contributed by atoms with E-state index in [1.54, 1.807) is 24.3 Å². The Balaban J connectivity index is 2.10. The number of amides is 2. The van der Waals surface area contributed by atoms with Crippen molar-refractivity contribution in [1.82, 2.24) is 0 Å². The molecule has 9 heteroatoms. The molecule has 2 rings (SSSR count). The zero-order chi connectivity index (χ0) is 18.6. The largest absolute Gasteiger partial charge is 0.341 e. The molecule has 0 radical (unpaired) electrons. The van der Waals surface area contributed by atoms with Crippen LogP contribution in [0.3, 0.4) is 0 Å². The van der Waals surface area contributed by atoms with Gasteiger partial charge in [-0.3, -0.25) is 9.59 Å². The van der Waals surface area contributed by atoms with E-state index >= 15 is 0 Å². The summed E-state index contributed by atoms with van der Waals surface area (Å²) in [5.74, 6) is -4.28. The quantitative estimate of drug-likeness (QED) is 0.849. The first kappa shape index (κ1) is 18.5. The highest BCUT2D eigenvalue weighted by Gasteiger charge is 2.26. The van der Waals surface area contributed by atoms with Gasteiger partial charge < -0.3 is 10.6 Å². The number of hydrogen-bond donors (Lipinski definition) is 2. The molecule has 0 aromatic heterocycles. The minimum absolute atomic E-state index is 0.110. The van der Waals surface area contributed by atoms with E-state index in [2.05, 4.69) is 10.6 Å². The fraction of sp³-hybridized carbons (Fsp3) is 0.125. The van der Waals surface area contributed by atoms with Crippen LogP contribution < -0.4 is 10.6 Å². The molecule has 0 heterocycles. The summed E-state index contributed by atoms with van der Waals surface area (Å²) in [5.41, 5.74) is 1.12. The topological polar surface area (TPSA) is 92.3 Å². The normalized spacial score (nSPS) is 11.2. The van der Waals surface area contributed by atoms with Crippen molar-refractivity contribution < 1.29 is 26.8 Å². The second kappa shape index (κ2) is 7.39. The summed E-state index contributed by atoms with van der Waals surface area (Å²) in [7, 11) is -4.69. The van der Waals surface area contributed by atoms with Crippen molar-refractivity contribution in [3.05, 3.63) is 54.1 Å². The van der Waals surface area contributed by atoms with E-state index in [1.807, 2.05) is 0 Å². The fourth-order valence-corrected chi connectivity index (χ4v) is 2.66. The van der Waals surface area contributed by atoms with Crippen LogP contribution >= 0.6 is 0 Å². The average molecular weight is 368 g/mol. The molecule has 0 saturated carbocycles. The molecule has 0 bridgehead atoms. The molecule has 0 aliphatic carbocycles. The fourth-order valence-electron chi connectivity index (χ4n) is 1.94. The minimum atomic E-state index is -4.69. The van der Waals surface area contributed by atoms with Crippen LogP contribution in [0.25, 0.3) is 0 Å². The summed E-state index contributed by atoms with van der Waals surface area (Å²) in [6.07, 6.45) is 0. The summed E-state index contributed by atoms with van der Waals surface area (Å²) >= 11 is 0. The lowest BCUT2D eigenvalue weighted by atomic mass is 10.2. The summed E-state index contributed by atoms with van der Waals surface area (Å²) in [4.78, 5) is 22.5. The number of sulfone groups is 1. The number of carbonyl (C=O) groups excluding carboxylic acids is 2. The van der Waals surface area contributed by atoms with Crippen molar-refractivity contribution in [3.63, 3.8) is 0 Å². The summed E-state index contributed by atoms with van der Waals surface area (Å²) in [5, 5.41) is 5.15. The van der Waals surface area contributed by atoms with E-state index < -0.39 is 26.4 Å². The van der Waals surface area contributed by atoms with Crippen molar-refractivity contribution in [2.45, 2.75) is 17.6 Å². The highest BCUT2D eigenvalue weighted by molar-refractivity contribution is 7.91. The number of carbonyl (C=O) groups is 2. The smallest absolute Gasteiger partial charge is 0.326 e. The first-order valence-corrected chi connectivity index (χ1v) is 8.56. The lowest BCUT2D eigenvalue weighted by Gasteiger charge is -2.08. The van der Waals surface area contributed by atoms with Crippen molar-refractivity contribution in [3.8, 4) is 0 Å². The molecule has 132 valence electrons. The monoisotopic (exact) mass is 368 g/mol. The predicted octanol–water partition coefficient (Wildman–Crippen LogP) is 2.89. The molecular formula is C16H14F2N2O4S. The maximum atomic E-state index is 12.5. The van der Waals surface area contributed by atoms with E-state index in [1.165, 1.54) is 6.92 Å². The molecule has 0 atom stereocenters. The standard InChI is InChI=1S/C16H14F2N2O4S/c1-10(21)19-12-4-6-13(7-5-12)20-15(22)11-2-8-14(9-3-11)25(23,24)16(17)18/h2-9,16H,1H3,(H,19,21)(H,20,22). The molecular weight excluding hydrogens is 354 g/mol. The van der Waals surface area contributed by atoms with Crippen LogP contribution in [0.4, 0.5) is 20.2 Å². The zero-order valence-electron chi connectivity index (χ0n) is 13.0. The highest BCUT2D eigenvalue weighted by atomic mass is 32.2. The number of anilines is 2. The maximum Gasteiger partial charge on any atom is 0.341 e. The molecule has 0 aliphatic rings. The van der Waals surface area contributed by atoms with Gasteiger partial charge in [-0.15, -0.1) is 0 Å². The predicted molar refractivity (Wildman–Crippen MR) is 88.3 cm³/mol. The van der Waals surface area contributed by atoms with Gasteiger partial charge in [0.2, 0.25) is 15.7 Å². The molecule has 0 unspecified atom stereocenters. The molecule has 0 spiro atoms. The van der Waals surface area contributed by atoms with Gasteiger partial charge in [0, 0.05) is 23.9 Å². The number of alkyl halides is 2. The second-order valence-corrected chi connectivity index (χ2v) is 6.96. The Bertz CT molecular complexity index is 879. The van der Waals surface area contributed by atoms with Crippen LogP contribution in [0.5, 0.6) is 0 Å². The summed E-state index contributed by atoms with van der Waals surface area (Å²) < 4.78 is 47.6. The Labute approximate surface area is 142 Å². The van der Waals surface area contributed by atoms with E-state index in [-0.39, 0.29) is 11.5 Å². The van der Waals surface area contributed by atoms with Gasteiger partial charge in [-0.05, 0) is 48.5 Å². The van der Waals surface area contributed by atoms with E-state index in [4.69, 9.17) is 0 Å². The van der Waals surface area contributed by atoms with Crippen LogP contribution in [0, 0.1) is 0 Å². The number of rotatable bonds is 5. The van der Waals surface area contributed by atoms with Crippen molar-refractivity contribution in [1.29, 1.82) is 0 Å². The highest BCUT2D eigenvalue weighted by Crippen LogP contribution is 2.19. The lowest BCUT2D eigenvalue weighted by Crippen LogP contribution is -2.14. The first-order valence-electron chi connectivity index (χ1n) is 7.01. The van der Waals surface area contributed by atoms with Crippen molar-refractivity contribution in [2.24, 2.45) is 0 Å². The third-order valence-corrected chi connectivity index (χ3v) is 4.54. The van der Waals surface area contributed by atoms with Crippen LogP contribution in [0.1, 0.15) is 17.3 Å². The van der Waals surface area contributed by atoms with Gasteiger partial charge in [-0.1, -0.05) is 0 Å². The molecule has 0 aliphatic heterocycles. The number of benzene rings is 2. The number of nitrogens with one attached hydrogen (secondary N) is 2. The van der Waals surface area contributed by atoms with Gasteiger partial charge in [-0.2, -0.15) is 8.78 Å². The van der Waals surface area contributed by atoms with Gasteiger partial charge in [0.1, 0.15) is 0 Å². The molecule has 2 aromatic carbocycles. The Kier molecular flexibility index (Phi) is 5.48. The molecule has 0 saturated heterocycles. The van der Waals surface area contributed by atoms with Gasteiger partial charge in [0.05, 0.1) is 4.90 Å². The van der Waals surface area contributed by atoms with E-state index in [0.29, 0.717) is 11.4 Å². The van der Waals surface area contributed by atoms with Crippen LogP contribution in [0.2, 0.25) is 0 Å². The molecule has 6 nitrogen and oxygen atoms in total. The molecule has 2 N–H and O–H groups in total. The van der Waals surface area contributed by atoms with Gasteiger partial charge >= 0.3 is 5.76 Å². The maximum absolute atomic E-state index is 12.5. The molecule has 0 fully saturated rings. The zero-order valence-corrected chi connectivity index (χ0v) is 13.8. The molecule has 2 amide bonds. The molecule has 2 aromatic rings. The summed E-state index contributed by atoms with van der Waals surface area (Å²) in [6, 6.07) is 10.5.